The second-order valence-electron chi connectivity index (χ2n) is 10.4. The predicted molar refractivity (Wildman–Crippen MR) is 119 cm³/mol. The van der Waals surface area contributed by atoms with Gasteiger partial charge in [-0.05, 0) is 48.3 Å². The molecule has 1 aliphatic heterocycles. The van der Waals surface area contributed by atoms with E-state index < -0.39 is 30.0 Å². The molecule has 2 aliphatic carbocycles. The summed E-state index contributed by atoms with van der Waals surface area (Å²) in [5.74, 6) is -0.535. The fourth-order valence-electron chi connectivity index (χ4n) is 5.87. The Balaban J connectivity index is 1.39. The maximum atomic E-state index is 13.9. The standard InChI is InChI=1S/C24H27F4N5O/c1-22(2)14-8-9-23(22,3)18(10-14)30-31-21(34)17-12-20-29-16(13-4-6-15(25)7-5-13)11-19(24(26,27)28)33(20)32-17/h4-7,12,14,16,19,29H,8-11H2,1-3H3,(H,31,34)/b30-18+/t14-,16-,19+,23+/m1/s1. The van der Waals surface area contributed by atoms with Gasteiger partial charge in [0, 0.05) is 23.6 Å². The van der Waals surface area contributed by atoms with Crippen molar-refractivity contribution in [2.24, 2.45) is 21.8 Å². The van der Waals surface area contributed by atoms with Gasteiger partial charge in [-0.15, -0.1) is 0 Å². The lowest BCUT2D eigenvalue weighted by Crippen LogP contribution is -2.36. The molecular formula is C24H27F4N5O. The van der Waals surface area contributed by atoms with Crippen molar-refractivity contribution < 1.29 is 22.4 Å². The van der Waals surface area contributed by atoms with Crippen LogP contribution in [0, 0.1) is 22.6 Å². The normalized spacial score (nSPS) is 30.8. The molecule has 0 spiro atoms. The zero-order valence-corrected chi connectivity index (χ0v) is 19.2. The van der Waals surface area contributed by atoms with Gasteiger partial charge >= 0.3 is 6.18 Å². The van der Waals surface area contributed by atoms with Gasteiger partial charge < -0.3 is 5.32 Å². The van der Waals surface area contributed by atoms with Crippen LogP contribution in [-0.4, -0.2) is 27.6 Å². The van der Waals surface area contributed by atoms with E-state index in [2.05, 4.69) is 41.7 Å². The number of amides is 1. The Bertz CT molecular complexity index is 1150. The molecule has 1 amide bonds. The van der Waals surface area contributed by atoms with E-state index in [0.29, 0.717) is 11.5 Å². The Hall–Kier alpha value is -2.91. The van der Waals surface area contributed by atoms with Crippen LogP contribution in [0.3, 0.4) is 0 Å². The average Bonchev–Trinajstić information content (AvgIpc) is 3.35. The number of anilines is 1. The van der Waals surface area contributed by atoms with Crippen LogP contribution in [0.15, 0.2) is 35.4 Å². The van der Waals surface area contributed by atoms with Crippen molar-refractivity contribution in [3.8, 4) is 0 Å². The molecule has 0 saturated heterocycles. The number of benzene rings is 1. The Morgan fingerprint density at radius 1 is 1.24 bits per heavy atom. The Kier molecular flexibility index (Phi) is 5.07. The lowest BCUT2D eigenvalue weighted by molar-refractivity contribution is -0.173. The lowest BCUT2D eigenvalue weighted by atomic mass is 9.70. The molecule has 1 aromatic carbocycles. The van der Waals surface area contributed by atoms with Crippen molar-refractivity contribution in [3.63, 3.8) is 0 Å². The number of hydrogen-bond acceptors (Lipinski definition) is 4. The number of hydrogen-bond donors (Lipinski definition) is 2. The molecule has 2 aromatic rings. The van der Waals surface area contributed by atoms with Crippen LogP contribution in [-0.2, 0) is 0 Å². The number of nitrogens with one attached hydrogen (secondary N) is 2. The van der Waals surface area contributed by atoms with Crippen LogP contribution < -0.4 is 10.7 Å². The van der Waals surface area contributed by atoms with Crippen LogP contribution in [0.1, 0.15) is 74.6 Å². The minimum absolute atomic E-state index is 0.0775. The van der Waals surface area contributed by atoms with Crippen LogP contribution in [0.4, 0.5) is 23.4 Å². The summed E-state index contributed by atoms with van der Waals surface area (Å²) in [4.78, 5) is 12.8. The summed E-state index contributed by atoms with van der Waals surface area (Å²) >= 11 is 0. The van der Waals surface area contributed by atoms with Crippen LogP contribution in [0.5, 0.6) is 0 Å². The van der Waals surface area contributed by atoms with E-state index in [1.54, 1.807) is 0 Å². The molecule has 0 radical (unpaired) electrons. The Morgan fingerprint density at radius 3 is 2.53 bits per heavy atom. The first kappa shape index (κ1) is 22.9. The van der Waals surface area contributed by atoms with Crippen LogP contribution >= 0.6 is 0 Å². The molecule has 3 aliphatic rings. The highest BCUT2D eigenvalue weighted by atomic mass is 19.4. The van der Waals surface area contributed by atoms with Crippen LogP contribution in [0.25, 0.3) is 0 Å². The molecule has 2 fully saturated rings. The summed E-state index contributed by atoms with van der Waals surface area (Å²) in [6.07, 6.45) is -1.97. The van der Waals surface area contributed by atoms with E-state index in [9.17, 15) is 22.4 Å². The molecule has 0 unspecified atom stereocenters. The number of carbonyl (C=O) groups is 1. The molecule has 1 aromatic heterocycles. The molecular weight excluding hydrogens is 450 g/mol. The number of aromatic nitrogens is 2. The summed E-state index contributed by atoms with van der Waals surface area (Å²) in [6, 6.07) is 4.00. The molecule has 2 N–H and O–H groups in total. The Morgan fingerprint density at radius 2 is 1.94 bits per heavy atom. The lowest BCUT2D eigenvalue weighted by Gasteiger charge is -2.34. The number of rotatable bonds is 3. The van der Waals surface area contributed by atoms with E-state index >= 15 is 0 Å². The molecule has 2 saturated carbocycles. The van der Waals surface area contributed by atoms with Crippen molar-refractivity contribution in [3.05, 3.63) is 47.4 Å². The van der Waals surface area contributed by atoms with Gasteiger partial charge in [-0.25, -0.2) is 14.5 Å². The molecule has 2 bridgehead atoms. The zero-order chi connectivity index (χ0) is 24.5. The summed E-state index contributed by atoms with van der Waals surface area (Å²) in [7, 11) is 0. The van der Waals surface area contributed by atoms with Gasteiger partial charge in [0.2, 0.25) is 0 Å². The third-order valence-electron chi connectivity index (χ3n) is 8.50. The SMILES string of the molecule is CC1(C)[C@@H]2CC[C@@]1(C)/C(=N/NC(=O)c1cc3n(n1)[C@H](C(F)(F)F)C[C@H](c1ccc(F)cc1)N3)C2. The van der Waals surface area contributed by atoms with Crippen molar-refractivity contribution in [2.45, 2.75) is 64.7 Å². The molecule has 4 atom stereocenters. The fraction of sp³-hybridized carbons (Fsp3) is 0.542. The molecule has 34 heavy (non-hydrogen) atoms. The minimum Gasteiger partial charge on any atom is -0.363 e. The van der Waals surface area contributed by atoms with E-state index in [1.807, 2.05) is 0 Å². The number of nitrogens with zero attached hydrogens (tertiary/aromatic N) is 3. The number of halogens is 4. The van der Waals surface area contributed by atoms with Crippen LogP contribution in [0.2, 0.25) is 0 Å². The van der Waals surface area contributed by atoms with Gasteiger partial charge in [0.25, 0.3) is 5.91 Å². The van der Waals surface area contributed by atoms with Gasteiger partial charge in [-0.3, -0.25) is 4.79 Å². The minimum atomic E-state index is -4.57. The van der Waals surface area contributed by atoms with E-state index in [4.69, 9.17) is 0 Å². The van der Waals surface area contributed by atoms with Gasteiger partial charge in [0.05, 0.1) is 6.04 Å². The van der Waals surface area contributed by atoms with Gasteiger partial charge in [0.1, 0.15) is 11.6 Å². The first-order chi connectivity index (χ1) is 15.9. The number of hydrazone groups is 1. The third-order valence-corrected chi connectivity index (χ3v) is 8.50. The Labute approximate surface area is 194 Å². The monoisotopic (exact) mass is 477 g/mol. The largest absolute Gasteiger partial charge is 0.410 e. The highest BCUT2D eigenvalue weighted by Gasteiger charge is 2.60. The maximum Gasteiger partial charge on any atom is 0.410 e. The molecule has 2 heterocycles. The number of carbonyl (C=O) groups excluding carboxylic acids is 1. The average molecular weight is 478 g/mol. The zero-order valence-electron chi connectivity index (χ0n) is 19.2. The molecule has 182 valence electrons. The topological polar surface area (TPSA) is 71.3 Å². The van der Waals surface area contributed by atoms with Gasteiger partial charge in [0.15, 0.2) is 11.7 Å². The maximum absolute atomic E-state index is 13.9. The molecule has 6 nitrogen and oxygen atoms in total. The van der Waals surface area contributed by atoms with Crippen molar-refractivity contribution in [1.82, 2.24) is 15.2 Å². The number of fused-ring (bicyclic) bond motifs is 3. The van der Waals surface area contributed by atoms with Crippen molar-refractivity contribution >= 4 is 17.4 Å². The van der Waals surface area contributed by atoms with Gasteiger partial charge in [-0.1, -0.05) is 32.9 Å². The van der Waals surface area contributed by atoms with E-state index in [1.165, 1.54) is 30.3 Å². The highest BCUT2D eigenvalue weighted by molar-refractivity contribution is 5.97. The van der Waals surface area contributed by atoms with Gasteiger partial charge in [-0.2, -0.15) is 23.4 Å². The summed E-state index contributed by atoms with van der Waals surface area (Å²) in [5, 5.41) is 11.4. The van der Waals surface area contributed by atoms with E-state index in [-0.39, 0.29) is 28.8 Å². The third kappa shape index (κ3) is 3.49. The summed E-state index contributed by atoms with van der Waals surface area (Å²) in [6.45, 7) is 6.60. The fourth-order valence-corrected chi connectivity index (χ4v) is 5.87. The molecule has 5 rings (SSSR count). The van der Waals surface area contributed by atoms with Crippen molar-refractivity contribution in [1.29, 1.82) is 0 Å². The quantitative estimate of drug-likeness (QED) is 0.446. The summed E-state index contributed by atoms with van der Waals surface area (Å²) < 4.78 is 55.7. The number of alkyl halides is 3. The summed E-state index contributed by atoms with van der Waals surface area (Å²) in [5.41, 5.74) is 3.80. The second-order valence-corrected chi connectivity index (χ2v) is 10.4. The second kappa shape index (κ2) is 7.55. The smallest absolute Gasteiger partial charge is 0.363 e. The first-order valence-corrected chi connectivity index (χ1v) is 11.5. The predicted octanol–water partition coefficient (Wildman–Crippen LogP) is 5.61. The van der Waals surface area contributed by atoms with Crippen molar-refractivity contribution in [2.75, 3.05) is 5.32 Å². The highest BCUT2D eigenvalue weighted by Crippen LogP contribution is 2.63. The molecule has 10 heteroatoms. The van der Waals surface area contributed by atoms with E-state index in [0.717, 1.165) is 29.7 Å². The first-order valence-electron chi connectivity index (χ1n) is 11.5.